The number of benzene rings is 2. The van der Waals surface area contributed by atoms with Gasteiger partial charge in [-0.1, -0.05) is 18.2 Å². The Bertz CT molecular complexity index is 923. The van der Waals surface area contributed by atoms with Crippen LogP contribution in [0.25, 0.3) is 0 Å². The molecule has 1 aliphatic heterocycles. The number of hydrogen-bond acceptors (Lipinski definition) is 6. The molecule has 1 saturated heterocycles. The first kappa shape index (κ1) is 21.3. The number of para-hydroxylation sites is 1. The molecule has 3 aromatic rings. The van der Waals surface area contributed by atoms with Crippen molar-refractivity contribution in [3.05, 3.63) is 66.0 Å². The van der Waals surface area contributed by atoms with Crippen LogP contribution in [0.5, 0.6) is 5.75 Å². The molecule has 0 aliphatic carbocycles. The van der Waals surface area contributed by atoms with Gasteiger partial charge in [0.2, 0.25) is 5.82 Å². The molecular formula is C23H31N6O2+. The van der Waals surface area contributed by atoms with Crippen molar-refractivity contribution in [1.82, 2.24) is 20.2 Å². The lowest BCUT2D eigenvalue weighted by atomic mass is 10.0. The third kappa shape index (κ3) is 5.03. The largest absolute Gasteiger partial charge is 0.494 e. The van der Waals surface area contributed by atoms with Gasteiger partial charge in [0.05, 0.1) is 45.9 Å². The summed E-state index contributed by atoms with van der Waals surface area (Å²) >= 11 is 0. The van der Waals surface area contributed by atoms with Crippen molar-refractivity contribution in [2.24, 2.45) is 0 Å². The highest BCUT2D eigenvalue weighted by Crippen LogP contribution is 2.21. The number of quaternary nitrogens is 1. The molecular weight excluding hydrogens is 392 g/mol. The van der Waals surface area contributed by atoms with Gasteiger partial charge in [-0.25, -0.2) is 4.68 Å². The lowest BCUT2D eigenvalue weighted by Gasteiger charge is -2.37. The van der Waals surface area contributed by atoms with Crippen LogP contribution in [0, 0.1) is 0 Å². The van der Waals surface area contributed by atoms with E-state index >= 15 is 0 Å². The van der Waals surface area contributed by atoms with Crippen LogP contribution in [0.4, 0.5) is 5.69 Å². The summed E-state index contributed by atoms with van der Waals surface area (Å²) in [6.07, 6.45) is 0. The van der Waals surface area contributed by atoms with E-state index in [2.05, 4.69) is 62.9 Å². The molecule has 31 heavy (non-hydrogen) atoms. The predicted molar refractivity (Wildman–Crippen MR) is 118 cm³/mol. The third-order valence-electron chi connectivity index (χ3n) is 5.78. The van der Waals surface area contributed by atoms with Crippen molar-refractivity contribution in [3.63, 3.8) is 0 Å². The quantitative estimate of drug-likeness (QED) is 0.558. The number of rotatable bonds is 9. The summed E-state index contributed by atoms with van der Waals surface area (Å²) in [6, 6.07) is 19.0. The molecule has 164 valence electrons. The van der Waals surface area contributed by atoms with Gasteiger partial charge in [0, 0.05) is 18.4 Å². The van der Waals surface area contributed by atoms with E-state index in [0.29, 0.717) is 19.8 Å². The minimum atomic E-state index is 0.0560. The van der Waals surface area contributed by atoms with Crippen LogP contribution in [0.3, 0.4) is 0 Å². The molecule has 1 aromatic heterocycles. The Kier molecular flexibility index (Phi) is 7.11. The molecule has 0 spiro atoms. The van der Waals surface area contributed by atoms with Crippen LogP contribution in [0.2, 0.25) is 0 Å². The van der Waals surface area contributed by atoms with E-state index in [1.165, 1.54) is 16.2 Å². The molecule has 8 nitrogen and oxygen atoms in total. The summed E-state index contributed by atoms with van der Waals surface area (Å²) in [5.74, 6) is 1.76. The Morgan fingerprint density at radius 1 is 1.03 bits per heavy atom. The Hall–Kier alpha value is -2.97. The average Bonchev–Trinajstić information content (AvgIpc) is 3.28. The van der Waals surface area contributed by atoms with Gasteiger partial charge in [-0.15, -0.1) is 5.10 Å². The summed E-state index contributed by atoms with van der Waals surface area (Å²) < 4.78 is 12.8. The molecule has 2 heterocycles. The second-order valence-electron chi connectivity index (χ2n) is 7.67. The van der Waals surface area contributed by atoms with Crippen molar-refractivity contribution in [3.8, 4) is 5.75 Å². The van der Waals surface area contributed by atoms with Crippen molar-refractivity contribution < 1.29 is 14.4 Å². The van der Waals surface area contributed by atoms with Gasteiger partial charge in [0.25, 0.3) is 0 Å². The number of tetrazole rings is 1. The van der Waals surface area contributed by atoms with E-state index in [9.17, 15) is 0 Å². The zero-order valence-electron chi connectivity index (χ0n) is 18.3. The second-order valence-corrected chi connectivity index (χ2v) is 7.67. The smallest absolute Gasteiger partial charge is 0.214 e. The highest BCUT2D eigenvalue weighted by molar-refractivity contribution is 5.46. The normalized spacial score (nSPS) is 15.7. The van der Waals surface area contributed by atoms with E-state index in [4.69, 9.17) is 9.47 Å². The topological polar surface area (TPSA) is 69.7 Å². The van der Waals surface area contributed by atoms with Crippen molar-refractivity contribution in [2.75, 3.05) is 51.4 Å². The van der Waals surface area contributed by atoms with Crippen LogP contribution < -0.4 is 14.5 Å². The Morgan fingerprint density at radius 2 is 1.77 bits per heavy atom. The number of hydrogen-bond donors (Lipinski definition) is 1. The van der Waals surface area contributed by atoms with E-state index in [1.807, 2.05) is 23.7 Å². The maximum absolute atomic E-state index is 5.64. The average molecular weight is 424 g/mol. The minimum Gasteiger partial charge on any atom is -0.494 e. The van der Waals surface area contributed by atoms with Gasteiger partial charge < -0.3 is 19.3 Å². The van der Waals surface area contributed by atoms with Crippen LogP contribution in [0.1, 0.15) is 24.4 Å². The number of nitrogens with zero attached hydrogens (tertiary/aromatic N) is 5. The van der Waals surface area contributed by atoms with E-state index in [0.717, 1.165) is 37.8 Å². The number of ether oxygens (including phenoxy) is 2. The molecule has 0 saturated carbocycles. The number of piperazine rings is 1. The van der Waals surface area contributed by atoms with Crippen LogP contribution >= 0.6 is 0 Å². The summed E-state index contributed by atoms with van der Waals surface area (Å²) in [7, 11) is 1.70. The standard InChI is InChI=1S/C23H30N6O2/c1-3-31-21-11-9-19(10-12-21)22(23-24-25-26-29(23)17-18-30-2)28-15-13-27(14-16-28)20-7-5-4-6-8-20/h4-12,22H,3,13-18H2,1-2H3/p+1/t22-/m0/s1. The molecule has 1 fully saturated rings. The lowest BCUT2D eigenvalue weighted by molar-refractivity contribution is -0.927. The lowest BCUT2D eigenvalue weighted by Crippen LogP contribution is -3.15. The molecule has 8 heteroatoms. The molecule has 1 aliphatic rings. The highest BCUT2D eigenvalue weighted by Gasteiger charge is 2.34. The minimum absolute atomic E-state index is 0.0560. The Morgan fingerprint density at radius 3 is 2.45 bits per heavy atom. The molecule has 2 aromatic carbocycles. The number of anilines is 1. The SMILES string of the molecule is CCOc1ccc([C@@H](c2nnnn2CCOC)[NH+]2CCN(c3ccccc3)CC2)cc1. The maximum atomic E-state index is 5.64. The molecule has 0 radical (unpaired) electrons. The highest BCUT2D eigenvalue weighted by atomic mass is 16.5. The van der Waals surface area contributed by atoms with E-state index in [-0.39, 0.29) is 6.04 Å². The molecule has 1 N–H and O–H groups in total. The van der Waals surface area contributed by atoms with E-state index in [1.54, 1.807) is 7.11 Å². The molecule has 0 bridgehead atoms. The summed E-state index contributed by atoms with van der Waals surface area (Å²) in [4.78, 5) is 3.91. The van der Waals surface area contributed by atoms with Crippen molar-refractivity contribution in [2.45, 2.75) is 19.5 Å². The first-order valence-electron chi connectivity index (χ1n) is 10.9. The number of nitrogens with one attached hydrogen (secondary N) is 1. The van der Waals surface area contributed by atoms with Crippen LogP contribution in [-0.2, 0) is 11.3 Å². The van der Waals surface area contributed by atoms with Gasteiger partial charge in [0.1, 0.15) is 5.75 Å². The maximum Gasteiger partial charge on any atom is 0.214 e. The van der Waals surface area contributed by atoms with Gasteiger partial charge in [-0.3, -0.25) is 0 Å². The van der Waals surface area contributed by atoms with Gasteiger partial charge in [-0.2, -0.15) is 0 Å². The molecule has 0 amide bonds. The molecule has 1 atom stereocenters. The fourth-order valence-electron chi connectivity index (χ4n) is 4.23. The monoisotopic (exact) mass is 423 g/mol. The van der Waals surface area contributed by atoms with Gasteiger partial charge in [-0.05, 0) is 53.7 Å². The summed E-state index contributed by atoms with van der Waals surface area (Å²) in [6.45, 7) is 7.86. The van der Waals surface area contributed by atoms with Crippen molar-refractivity contribution >= 4 is 5.69 Å². The fourth-order valence-corrected chi connectivity index (χ4v) is 4.23. The second kappa shape index (κ2) is 10.4. The molecule has 4 rings (SSSR count). The first-order chi connectivity index (χ1) is 15.3. The zero-order chi connectivity index (χ0) is 21.5. The third-order valence-corrected chi connectivity index (χ3v) is 5.78. The predicted octanol–water partition coefficient (Wildman–Crippen LogP) is 1.21. The zero-order valence-corrected chi connectivity index (χ0v) is 18.3. The van der Waals surface area contributed by atoms with E-state index < -0.39 is 0 Å². The van der Waals surface area contributed by atoms with Gasteiger partial charge in [0.15, 0.2) is 6.04 Å². The van der Waals surface area contributed by atoms with Crippen LogP contribution in [0.15, 0.2) is 54.6 Å². The number of aromatic nitrogens is 4. The first-order valence-corrected chi connectivity index (χ1v) is 10.9. The fraction of sp³-hybridized carbons (Fsp3) is 0.435. The van der Waals surface area contributed by atoms with Crippen molar-refractivity contribution in [1.29, 1.82) is 0 Å². The summed E-state index contributed by atoms with van der Waals surface area (Å²) in [5.41, 5.74) is 2.48. The molecule has 0 unspecified atom stereocenters. The summed E-state index contributed by atoms with van der Waals surface area (Å²) in [5, 5.41) is 12.7. The Balaban J connectivity index is 1.58. The number of methoxy groups -OCH3 is 1. The van der Waals surface area contributed by atoms with Crippen LogP contribution in [-0.4, -0.2) is 66.7 Å². The van der Waals surface area contributed by atoms with Gasteiger partial charge >= 0.3 is 0 Å². The Labute approximate surface area is 183 Å².